The van der Waals surface area contributed by atoms with Crippen molar-refractivity contribution in [3.8, 4) is 0 Å². The maximum Gasteiger partial charge on any atom is 0.274 e. The van der Waals surface area contributed by atoms with Crippen molar-refractivity contribution in [1.82, 2.24) is 14.9 Å². The van der Waals surface area contributed by atoms with Crippen LogP contribution in [0.1, 0.15) is 53.7 Å². The minimum Gasteiger partial charge on any atom is -0.368 e. The number of amides is 1. The van der Waals surface area contributed by atoms with Crippen molar-refractivity contribution in [2.45, 2.75) is 52.0 Å². The summed E-state index contributed by atoms with van der Waals surface area (Å²) in [5.74, 6) is 0.746. The molecule has 1 N–H and O–H groups in total. The predicted octanol–water partition coefficient (Wildman–Crippen LogP) is 3.80. The lowest BCUT2D eigenvalue weighted by Crippen LogP contribution is -2.49. The van der Waals surface area contributed by atoms with Crippen LogP contribution in [0.4, 0.5) is 11.5 Å². The molecule has 0 unspecified atom stereocenters. The van der Waals surface area contributed by atoms with Gasteiger partial charge >= 0.3 is 0 Å². The summed E-state index contributed by atoms with van der Waals surface area (Å²) < 4.78 is 0. The summed E-state index contributed by atoms with van der Waals surface area (Å²) >= 11 is 0. The zero-order valence-corrected chi connectivity index (χ0v) is 17.5. The highest BCUT2D eigenvalue weighted by atomic mass is 16.2. The van der Waals surface area contributed by atoms with Crippen LogP contribution in [0.2, 0.25) is 0 Å². The Kier molecular flexibility index (Phi) is 5.97. The largest absolute Gasteiger partial charge is 0.368 e. The number of anilines is 2. The van der Waals surface area contributed by atoms with Crippen molar-refractivity contribution in [2.24, 2.45) is 0 Å². The van der Waals surface area contributed by atoms with Crippen LogP contribution in [0.5, 0.6) is 0 Å². The van der Waals surface area contributed by atoms with Crippen LogP contribution >= 0.6 is 0 Å². The number of carbonyl (C=O) groups is 1. The Bertz CT molecular complexity index is 837. The van der Waals surface area contributed by atoms with Crippen LogP contribution in [0.25, 0.3) is 0 Å². The lowest BCUT2D eigenvalue weighted by molar-refractivity contribution is 0.0740. The minimum absolute atomic E-state index is 0.0256. The van der Waals surface area contributed by atoms with Gasteiger partial charge in [0.05, 0.1) is 12.4 Å². The number of aromatic nitrogens is 2. The van der Waals surface area contributed by atoms with Gasteiger partial charge in [0.25, 0.3) is 5.91 Å². The Labute approximate surface area is 173 Å². The molecule has 1 aromatic heterocycles. The maximum atomic E-state index is 12.8. The SMILES string of the molecule is Cc1cccc(N2CCN(C(=O)c3cnc(NC4CCCCC4)cn3)CC2)c1C. The Balaban J connectivity index is 1.34. The van der Waals surface area contributed by atoms with E-state index in [1.54, 1.807) is 12.4 Å². The molecule has 0 atom stereocenters. The fourth-order valence-electron chi connectivity index (χ4n) is 4.36. The maximum absolute atomic E-state index is 12.8. The predicted molar refractivity (Wildman–Crippen MR) is 117 cm³/mol. The molecule has 1 saturated carbocycles. The Hall–Kier alpha value is -2.63. The van der Waals surface area contributed by atoms with Crippen molar-refractivity contribution in [3.63, 3.8) is 0 Å². The number of nitrogens with zero attached hydrogens (tertiary/aromatic N) is 4. The van der Waals surface area contributed by atoms with Gasteiger partial charge in [-0.2, -0.15) is 0 Å². The van der Waals surface area contributed by atoms with Crippen LogP contribution in [-0.4, -0.2) is 53.0 Å². The molecule has 0 spiro atoms. The normalized spacial score (nSPS) is 18.0. The smallest absolute Gasteiger partial charge is 0.274 e. The van der Waals surface area contributed by atoms with E-state index in [2.05, 4.69) is 52.2 Å². The molecule has 2 aromatic rings. The molecule has 0 bridgehead atoms. The first-order valence-electron chi connectivity index (χ1n) is 10.8. The highest BCUT2D eigenvalue weighted by Gasteiger charge is 2.24. The number of nitrogens with one attached hydrogen (secondary N) is 1. The summed E-state index contributed by atoms with van der Waals surface area (Å²) in [7, 11) is 0. The van der Waals surface area contributed by atoms with E-state index in [4.69, 9.17) is 0 Å². The molecule has 1 saturated heterocycles. The van der Waals surface area contributed by atoms with E-state index in [1.165, 1.54) is 48.9 Å². The first-order chi connectivity index (χ1) is 14.1. The van der Waals surface area contributed by atoms with Gasteiger partial charge in [-0.15, -0.1) is 0 Å². The van der Waals surface area contributed by atoms with Gasteiger partial charge in [-0.05, 0) is 43.9 Å². The molecule has 2 fully saturated rings. The number of hydrogen-bond acceptors (Lipinski definition) is 5. The summed E-state index contributed by atoms with van der Waals surface area (Å²) in [6.07, 6.45) is 9.57. The van der Waals surface area contributed by atoms with Crippen molar-refractivity contribution in [3.05, 3.63) is 47.4 Å². The fourth-order valence-corrected chi connectivity index (χ4v) is 4.36. The summed E-state index contributed by atoms with van der Waals surface area (Å²) in [5, 5.41) is 3.46. The van der Waals surface area contributed by atoms with E-state index in [9.17, 15) is 4.79 Å². The summed E-state index contributed by atoms with van der Waals surface area (Å²) in [6, 6.07) is 6.90. The lowest BCUT2D eigenvalue weighted by atomic mass is 9.96. The van der Waals surface area contributed by atoms with Gasteiger partial charge in [-0.25, -0.2) is 9.97 Å². The zero-order valence-electron chi connectivity index (χ0n) is 17.5. The third kappa shape index (κ3) is 4.52. The van der Waals surface area contributed by atoms with Gasteiger partial charge in [0.2, 0.25) is 0 Å². The third-order valence-corrected chi connectivity index (χ3v) is 6.31. The minimum atomic E-state index is -0.0256. The molecule has 6 heteroatoms. The highest BCUT2D eigenvalue weighted by molar-refractivity contribution is 5.92. The van der Waals surface area contributed by atoms with Crippen LogP contribution in [-0.2, 0) is 0 Å². The standard InChI is InChI=1S/C23H31N5O/c1-17-7-6-10-21(18(17)2)27-11-13-28(14-12-27)23(29)20-15-25-22(16-24-20)26-19-8-4-3-5-9-19/h6-7,10,15-16,19H,3-5,8-9,11-14H2,1-2H3,(H,25,26). The molecule has 0 radical (unpaired) electrons. The second-order valence-corrected chi connectivity index (χ2v) is 8.26. The van der Waals surface area contributed by atoms with Crippen LogP contribution in [0, 0.1) is 13.8 Å². The van der Waals surface area contributed by atoms with Crippen LogP contribution < -0.4 is 10.2 Å². The molecule has 29 heavy (non-hydrogen) atoms. The average molecular weight is 394 g/mol. The highest BCUT2D eigenvalue weighted by Crippen LogP contribution is 2.24. The quantitative estimate of drug-likeness (QED) is 0.856. The molecule has 154 valence electrons. The molecule has 1 aliphatic carbocycles. The molecule has 1 amide bonds. The fraction of sp³-hybridized carbons (Fsp3) is 0.522. The molecular formula is C23H31N5O. The zero-order chi connectivity index (χ0) is 20.2. The van der Waals surface area contributed by atoms with E-state index >= 15 is 0 Å². The topological polar surface area (TPSA) is 61.4 Å². The molecule has 2 aliphatic rings. The van der Waals surface area contributed by atoms with Crippen molar-refractivity contribution in [2.75, 3.05) is 36.4 Å². The van der Waals surface area contributed by atoms with E-state index in [0.717, 1.165) is 18.9 Å². The van der Waals surface area contributed by atoms with Gasteiger partial charge in [-0.1, -0.05) is 31.4 Å². The molecule has 2 heterocycles. The monoisotopic (exact) mass is 393 g/mol. The van der Waals surface area contributed by atoms with Crippen molar-refractivity contribution < 1.29 is 4.79 Å². The second-order valence-electron chi connectivity index (χ2n) is 8.26. The summed E-state index contributed by atoms with van der Waals surface area (Å²) in [4.78, 5) is 25.9. The summed E-state index contributed by atoms with van der Waals surface area (Å²) in [6.45, 7) is 7.40. The lowest BCUT2D eigenvalue weighted by Gasteiger charge is -2.36. The van der Waals surface area contributed by atoms with E-state index < -0.39 is 0 Å². The van der Waals surface area contributed by atoms with Crippen molar-refractivity contribution >= 4 is 17.4 Å². The van der Waals surface area contributed by atoms with Gasteiger partial charge in [-0.3, -0.25) is 4.79 Å². The first kappa shape index (κ1) is 19.7. The van der Waals surface area contributed by atoms with Gasteiger partial charge in [0.1, 0.15) is 11.5 Å². The number of benzene rings is 1. The average Bonchev–Trinajstić information content (AvgIpc) is 2.77. The third-order valence-electron chi connectivity index (χ3n) is 6.31. The molecule has 1 aromatic carbocycles. The Morgan fingerprint density at radius 3 is 2.45 bits per heavy atom. The van der Waals surface area contributed by atoms with Crippen LogP contribution in [0.3, 0.4) is 0 Å². The molecular weight excluding hydrogens is 362 g/mol. The molecule has 4 rings (SSSR count). The van der Waals surface area contributed by atoms with Crippen LogP contribution in [0.15, 0.2) is 30.6 Å². The number of rotatable bonds is 4. The number of aryl methyl sites for hydroxylation is 1. The van der Waals surface area contributed by atoms with E-state index in [1.807, 2.05) is 4.90 Å². The molecule has 1 aliphatic heterocycles. The number of carbonyl (C=O) groups excluding carboxylic acids is 1. The van der Waals surface area contributed by atoms with Gasteiger partial charge < -0.3 is 15.1 Å². The number of piperazine rings is 1. The second kappa shape index (κ2) is 8.80. The Morgan fingerprint density at radius 2 is 1.76 bits per heavy atom. The Morgan fingerprint density at radius 1 is 1.00 bits per heavy atom. The number of hydrogen-bond donors (Lipinski definition) is 1. The van der Waals surface area contributed by atoms with E-state index in [0.29, 0.717) is 24.8 Å². The molecule has 6 nitrogen and oxygen atoms in total. The van der Waals surface area contributed by atoms with Crippen molar-refractivity contribution in [1.29, 1.82) is 0 Å². The first-order valence-corrected chi connectivity index (χ1v) is 10.8. The van der Waals surface area contributed by atoms with Gasteiger partial charge in [0.15, 0.2) is 0 Å². The van der Waals surface area contributed by atoms with E-state index in [-0.39, 0.29) is 5.91 Å². The van der Waals surface area contributed by atoms with Gasteiger partial charge in [0, 0.05) is 37.9 Å². The summed E-state index contributed by atoms with van der Waals surface area (Å²) in [5.41, 5.74) is 4.33.